The molecule has 0 aromatic carbocycles. The first-order valence-electron chi connectivity index (χ1n) is 8.15. The Morgan fingerprint density at radius 2 is 2.33 bits per heavy atom. The molecule has 0 aliphatic carbocycles. The molecule has 24 heavy (non-hydrogen) atoms. The van der Waals surface area contributed by atoms with Gasteiger partial charge in [0.05, 0.1) is 31.7 Å². The molecule has 2 aliphatic heterocycles. The lowest BCUT2D eigenvalue weighted by molar-refractivity contribution is -0.139. The van der Waals surface area contributed by atoms with Gasteiger partial charge < -0.3 is 19.7 Å². The van der Waals surface area contributed by atoms with E-state index in [0.717, 1.165) is 0 Å². The summed E-state index contributed by atoms with van der Waals surface area (Å²) in [5.74, 6) is 0.715. The maximum absolute atomic E-state index is 12.6. The second kappa shape index (κ2) is 6.76. The molecule has 0 spiro atoms. The van der Waals surface area contributed by atoms with Crippen molar-refractivity contribution in [2.75, 3.05) is 40.5 Å². The van der Waals surface area contributed by atoms with Crippen molar-refractivity contribution in [1.82, 2.24) is 15.2 Å². The van der Waals surface area contributed by atoms with Gasteiger partial charge in [0.1, 0.15) is 5.75 Å². The quantitative estimate of drug-likeness (QED) is 0.854. The summed E-state index contributed by atoms with van der Waals surface area (Å²) < 4.78 is 10.6. The highest BCUT2D eigenvalue weighted by molar-refractivity contribution is 5.86. The van der Waals surface area contributed by atoms with E-state index in [-0.39, 0.29) is 24.2 Å². The third-order valence-corrected chi connectivity index (χ3v) is 5.10. The molecule has 2 amide bonds. The average Bonchev–Trinajstić information content (AvgIpc) is 3.02. The summed E-state index contributed by atoms with van der Waals surface area (Å²) in [7, 11) is 3.23. The van der Waals surface area contributed by atoms with E-state index >= 15 is 0 Å². The molecule has 0 saturated carbocycles. The van der Waals surface area contributed by atoms with Crippen LogP contribution in [-0.4, -0.2) is 62.2 Å². The predicted molar refractivity (Wildman–Crippen MR) is 86.5 cm³/mol. The number of ether oxygens (including phenoxy) is 2. The van der Waals surface area contributed by atoms with E-state index in [9.17, 15) is 9.59 Å². The van der Waals surface area contributed by atoms with Gasteiger partial charge in [-0.25, -0.2) is 0 Å². The highest BCUT2D eigenvalue weighted by Crippen LogP contribution is 2.42. The molecule has 2 aliphatic rings. The molecule has 130 valence electrons. The summed E-state index contributed by atoms with van der Waals surface area (Å²) in [6.07, 6.45) is 2.48. The smallest absolute Gasteiger partial charge is 0.228 e. The third kappa shape index (κ3) is 2.96. The Balaban J connectivity index is 1.70. The number of hydrogen-bond donors (Lipinski definition) is 1. The zero-order chi connectivity index (χ0) is 17.2. The number of rotatable bonds is 4. The number of hydrogen-bond acceptors (Lipinski definition) is 5. The number of carbonyl (C=O) groups excluding carboxylic acids is 2. The van der Waals surface area contributed by atoms with E-state index < -0.39 is 5.41 Å². The highest BCUT2D eigenvalue weighted by atomic mass is 16.5. The van der Waals surface area contributed by atoms with Gasteiger partial charge in [-0.2, -0.15) is 0 Å². The van der Waals surface area contributed by atoms with Crippen LogP contribution in [0.25, 0.3) is 0 Å². The SMILES string of the molecule is CNC(=O)[C@]12CCOC[C@H]1CN(C(=O)Cc1ccc(OC)cn1)C2. The number of aromatic nitrogens is 1. The lowest BCUT2D eigenvalue weighted by Gasteiger charge is -2.36. The van der Waals surface area contributed by atoms with Gasteiger partial charge in [0.25, 0.3) is 0 Å². The first-order chi connectivity index (χ1) is 11.6. The molecule has 2 fully saturated rings. The fourth-order valence-electron chi connectivity index (χ4n) is 3.66. The summed E-state index contributed by atoms with van der Waals surface area (Å²) in [5.41, 5.74) is 0.177. The number of nitrogens with one attached hydrogen (secondary N) is 1. The van der Waals surface area contributed by atoms with Gasteiger partial charge in [-0.05, 0) is 18.6 Å². The molecule has 1 N–H and O–H groups in total. The summed E-state index contributed by atoms with van der Waals surface area (Å²) in [4.78, 5) is 31.1. The Morgan fingerprint density at radius 1 is 1.50 bits per heavy atom. The molecular formula is C17H23N3O4. The van der Waals surface area contributed by atoms with Crippen molar-refractivity contribution in [3.63, 3.8) is 0 Å². The Morgan fingerprint density at radius 3 is 3.00 bits per heavy atom. The van der Waals surface area contributed by atoms with Crippen molar-refractivity contribution in [2.24, 2.45) is 11.3 Å². The van der Waals surface area contributed by atoms with Gasteiger partial charge in [-0.1, -0.05) is 0 Å². The average molecular weight is 333 g/mol. The van der Waals surface area contributed by atoms with Crippen molar-refractivity contribution in [3.05, 3.63) is 24.0 Å². The van der Waals surface area contributed by atoms with Crippen LogP contribution in [0.5, 0.6) is 5.75 Å². The Hall–Kier alpha value is -2.15. The molecule has 7 heteroatoms. The molecule has 0 unspecified atom stereocenters. The van der Waals surface area contributed by atoms with Crippen LogP contribution >= 0.6 is 0 Å². The number of pyridine rings is 1. The monoisotopic (exact) mass is 333 g/mol. The lowest BCUT2D eigenvalue weighted by atomic mass is 9.73. The first kappa shape index (κ1) is 16.7. The third-order valence-electron chi connectivity index (χ3n) is 5.10. The number of amides is 2. The minimum absolute atomic E-state index is 0.00803. The standard InChI is InChI=1S/C17H23N3O4/c1-18-16(22)17-5-6-24-10-12(17)9-20(11-17)15(21)7-13-3-4-14(23-2)8-19-13/h3-4,8,12H,5-7,9-11H2,1-2H3,(H,18,22)/t12-,17+/m1/s1. The number of nitrogens with zero attached hydrogens (tertiary/aromatic N) is 2. The van der Waals surface area contributed by atoms with E-state index in [4.69, 9.17) is 9.47 Å². The fraction of sp³-hybridized carbons (Fsp3) is 0.588. The van der Waals surface area contributed by atoms with Crippen molar-refractivity contribution >= 4 is 11.8 Å². The van der Waals surface area contributed by atoms with Crippen LogP contribution in [0.3, 0.4) is 0 Å². The zero-order valence-electron chi connectivity index (χ0n) is 14.1. The molecule has 1 aromatic heterocycles. The zero-order valence-corrected chi connectivity index (χ0v) is 14.1. The van der Waals surface area contributed by atoms with Crippen molar-refractivity contribution < 1.29 is 19.1 Å². The topological polar surface area (TPSA) is 80.8 Å². The van der Waals surface area contributed by atoms with Crippen LogP contribution in [-0.2, 0) is 20.7 Å². The first-order valence-corrected chi connectivity index (χ1v) is 8.15. The number of carbonyl (C=O) groups is 2. The number of fused-ring (bicyclic) bond motifs is 1. The maximum Gasteiger partial charge on any atom is 0.228 e. The number of methoxy groups -OCH3 is 1. The van der Waals surface area contributed by atoms with Crippen molar-refractivity contribution in [1.29, 1.82) is 0 Å². The van der Waals surface area contributed by atoms with Crippen molar-refractivity contribution in [3.8, 4) is 5.75 Å². The van der Waals surface area contributed by atoms with E-state index in [1.807, 2.05) is 0 Å². The van der Waals surface area contributed by atoms with Gasteiger partial charge in [-0.15, -0.1) is 0 Å². The predicted octanol–water partition coefficient (Wildman–Crippen LogP) is 0.244. The lowest BCUT2D eigenvalue weighted by Crippen LogP contribution is -2.49. The molecule has 0 bridgehead atoms. The Kier molecular flexibility index (Phi) is 4.71. The molecule has 1 aromatic rings. The Labute approximate surface area is 141 Å². The van der Waals surface area contributed by atoms with Crippen LogP contribution < -0.4 is 10.1 Å². The minimum Gasteiger partial charge on any atom is -0.495 e. The molecule has 3 rings (SSSR count). The van der Waals surface area contributed by atoms with Crippen LogP contribution in [0.15, 0.2) is 18.3 Å². The molecule has 2 saturated heterocycles. The second-order valence-corrected chi connectivity index (χ2v) is 6.40. The second-order valence-electron chi connectivity index (χ2n) is 6.40. The highest BCUT2D eigenvalue weighted by Gasteiger charge is 2.54. The van der Waals surface area contributed by atoms with Gasteiger partial charge in [-0.3, -0.25) is 14.6 Å². The van der Waals surface area contributed by atoms with Crippen LogP contribution in [0.4, 0.5) is 0 Å². The molecule has 7 nitrogen and oxygen atoms in total. The van der Waals surface area contributed by atoms with Gasteiger partial charge >= 0.3 is 0 Å². The van der Waals surface area contributed by atoms with Crippen LogP contribution in [0.1, 0.15) is 12.1 Å². The fourth-order valence-corrected chi connectivity index (χ4v) is 3.66. The van der Waals surface area contributed by atoms with Crippen LogP contribution in [0, 0.1) is 11.3 Å². The van der Waals surface area contributed by atoms with Gasteiger partial charge in [0.15, 0.2) is 0 Å². The Bertz CT molecular complexity index is 619. The van der Waals surface area contributed by atoms with Crippen LogP contribution in [0.2, 0.25) is 0 Å². The molecule has 3 heterocycles. The van der Waals surface area contributed by atoms with E-state index in [0.29, 0.717) is 44.2 Å². The minimum atomic E-state index is -0.518. The molecule has 2 atom stereocenters. The van der Waals surface area contributed by atoms with E-state index in [1.54, 1.807) is 37.4 Å². The normalized spacial score (nSPS) is 25.9. The summed E-state index contributed by atoms with van der Waals surface area (Å²) >= 11 is 0. The molecular weight excluding hydrogens is 310 g/mol. The maximum atomic E-state index is 12.6. The summed E-state index contributed by atoms with van der Waals surface area (Å²) in [6.45, 7) is 2.10. The van der Waals surface area contributed by atoms with Gasteiger partial charge in [0.2, 0.25) is 11.8 Å². The number of likely N-dealkylation sites (tertiary alicyclic amines) is 1. The van der Waals surface area contributed by atoms with Gasteiger partial charge in [0, 0.05) is 38.4 Å². The largest absolute Gasteiger partial charge is 0.495 e. The van der Waals surface area contributed by atoms with E-state index in [2.05, 4.69) is 10.3 Å². The molecule has 0 radical (unpaired) electrons. The summed E-state index contributed by atoms with van der Waals surface area (Å²) in [6, 6.07) is 3.58. The van der Waals surface area contributed by atoms with E-state index in [1.165, 1.54) is 0 Å². The van der Waals surface area contributed by atoms with Crippen molar-refractivity contribution in [2.45, 2.75) is 12.8 Å². The summed E-state index contributed by atoms with van der Waals surface area (Å²) in [5, 5.41) is 2.76.